The van der Waals surface area contributed by atoms with Crippen molar-refractivity contribution in [1.82, 2.24) is 5.32 Å². The van der Waals surface area contributed by atoms with Crippen LogP contribution in [0.1, 0.15) is 6.42 Å². The normalized spacial score (nSPS) is 25.8. The third-order valence-electron chi connectivity index (χ3n) is 1.81. The molecule has 0 saturated carbocycles. The SMILES string of the molecule is CO/C=C1\CNC(C(=O)OC)C1. The van der Waals surface area contributed by atoms with E-state index in [2.05, 4.69) is 10.1 Å². The highest BCUT2D eigenvalue weighted by atomic mass is 16.5. The van der Waals surface area contributed by atoms with E-state index < -0.39 is 0 Å². The van der Waals surface area contributed by atoms with Gasteiger partial charge >= 0.3 is 5.97 Å². The van der Waals surface area contributed by atoms with Gasteiger partial charge in [0.25, 0.3) is 0 Å². The first-order chi connectivity index (χ1) is 5.77. The summed E-state index contributed by atoms with van der Waals surface area (Å²) in [6.45, 7) is 0.702. The van der Waals surface area contributed by atoms with Gasteiger partial charge < -0.3 is 14.8 Å². The van der Waals surface area contributed by atoms with E-state index in [1.807, 2.05) is 0 Å². The Hall–Kier alpha value is -1.03. The molecule has 4 heteroatoms. The Balaban J connectivity index is 2.45. The van der Waals surface area contributed by atoms with Gasteiger partial charge in [-0.15, -0.1) is 0 Å². The van der Waals surface area contributed by atoms with Crippen LogP contribution < -0.4 is 5.32 Å². The summed E-state index contributed by atoms with van der Waals surface area (Å²) < 4.78 is 9.42. The van der Waals surface area contributed by atoms with Crippen molar-refractivity contribution in [2.45, 2.75) is 12.5 Å². The predicted octanol–water partition coefficient (Wildman–Crippen LogP) is 0.0516. The fourth-order valence-corrected chi connectivity index (χ4v) is 1.23. The van der Waals surface area contributed by atoms with Crippen molar-refractivity contribution in [3.63, 3.8) is 0 Å². The summed E-state index contributed by atoms with van der Waals surface area (Å²) in [6, 6.07) is -0.198. The topological polar surface area (TPSA) is 47.6 Å². The van der Waals surface area contributed by atoms with E-state index in [-0.39, 0.29) is 12.0 Å². The lowest BCUT2D eigenvalue weighted by Gasteiger charge is -2.04. The van der Waals surface area contributed by atoms with Crippen LogP contribution in [0.15, 0.2) is 11.8 Å². The molecule has 1 heterocycles. The average Bonchev–Trinajstić information content (AvgIpc) is 2.52. The van der Waals surface area contributed by atoms with Crippen LogP contribution in [0.3, 0.4) is 0 Å². The van der Waals surface area contributed by atoms with Gasteiger partial charge in [0, 0.05) is 6.54 Å². The van der Waals surface area contributed by atoms with E-state index >= 15 is 0 Å². The van der Waals surface area contributed by atoms with Gasteiger partial charge in [0.05, 0.1) is 20.5 Å². The number of esters is 1. The van der Waals surface area contributed by atoms with Crippen LogP contribution in [0.2, 0.25) is 0 Å². The molecule has 1 N–H and O–H groups in total. The monoisotopic (exact) mass is 171 g/mol. The largest absolute Gasteiger partial charge is 0.504 e. The zero-order valence-electron chi connectivity index (χ0n) is 7.29. The highest BCUT2D eigenvalue weighted by Gasteiger charge is 2.25. The summed E-state index contributed by atoms with van der Waals surface area (Å²) >= 11 is 0. The number of carbonyl (C=O) groups is 1. The van der Waals surface area contributed by atoms with E-state index in [0.29, 0.717) is 13.0 Å². The van der Waals surface area contributed by atoms with Crippen LogP contribution in [-0.2, 0) is 14.3 Å². The van der Waals surface area contributed by atoms with Crippen molar-refractivity contribution in [1.29, 1.82) is 0 Å². The molecule has 4 nitrogen and oxygen atoms in total. The van der Waals surface area contributed by atoms with E-state index in [0.717, 1.165) is 5.57 Å². The minimum atomic E-state index is -0.213. The molecule has 0 aromatic rings. The van der Waals surface area contributed by atoms with Crippen molar-refractivity contribution in [3.05, 3.63) is 11.8 Å². The van der Waals surface area contributed by atoms with Gasteiger partial charge in [-0.2, -0.15) is 0 Å². The third kappa shape index (κ3) is 1.98. The summed E-state index contributed by atoms with van der Waals surface area (Å²) in [7, 11) is 2.99. The molecule has 1 fully saturated rings. The summed E-state index contributed by atoms with van der Waals surface area (Å²) in [5.41, 5.74) is 1.09. The number of hydrogen-bond acceptors (Lipinski definition) is 4. The molecule has 0 aromatic carbocycles. The fraction of sp³-hybridized carbons (Fsp3) is 0.625. The van der Waals surface area contributed by atoms with Crippen molar-refractivity contribution in [2.75, 3.05) is 20.8 Å². The van der Waals surface area contributed by atoms with Crippen LogP contribution in [0.4, 0.5) is 0 Å². The molecule has 1 unspecified atom stereocenters. The van der Waals surface area contributed by atoms with E-state index in [1.165, 1.54) is 7.11 Å². The smallest absolute Gasteiger partial charge is 0.323 e. The van der Waals surface area contributed by atoms with Gasteiger partial charge in [-0.1, -0.05) is 0 Å². The van der Waals surface area contributed by atoms with Crippen molar-refractivity contribution < 1.29 is 14.3 Å². The minimum Gasteiger partial charge on any atom is -0.504 e. The maximum Gasteiger partial charge on any atom is 0.323 e. The Morgan fingerprint density at radius 2 is 2.42 bits per heavy atom. The Morgan fingerprint density at radius 1 is 1.67 bits per heavy atom. The number of rotatable bonds is 2. The second-order valence-corrected chi connectivity index (χ2v) is 2.67. The fourth-order valence-electron chi connectivity index (χ4n) is 1.23. The average molecular weight is 171 g/mol. The second-order valence-electron chi connectivity index (χ2n) is 2.67. The summed E-state index contributed by atoms with van der Waals surface area (Å²) in [6.07, 6.45) is 2.34. The standard InChI is InChI=1S/C8H13NO3/c1-11-5-6-3-7(9-4-6)8(10)12-2/h5,7,9H,3-4H2,1-2H3/b6-5-. The molecule has 1 aliphatic rings. The maximum absolute atomic E-state index is 11.0. The Morgan fingerprint density at radius 3 is 3.00 bits per heavy atom. The quantitative estimate of drug-likeness (QED) is 0.471. The molecule has 0 radical (unpaired) electrons. The molecule has 1 saturated heterocycles. The first-order valence-corrected chi connectivity index (χ1v) is 3.80. The van der Waals surface area contributed by atoms with Crippen LogP contribution in [0.5, 0.6) is 0 Å². The van der Waals surface area contributed by atoms with Crippen LogP contribution in [-0.4, -0.2) is 32.8 Å². The number of methoxy groups -OCH3 is 2. The molecule has 0 spiro atoms. The lowest BCUT2D eigenvalue weighted by atomic mass is 10.2. The predicted molar refractivity (Wildman–Crippen MR) is 43.5 cm³/mol. The van der Waals surface area contributed by atoms with Crippen molar-refractivity contribution in [2.24, 2.45) is 0 Å². The molecule has 0 bridgehead atoms. The molecule has 1 rings (SSSR count). The molecule has 12 heavy (non-hydrogen) atoms. The Bertz CT molecular complexity index is 200. The Labute approximate surface area is 71.5 Å². The Kier molecular flexibility index (Phi) is 3.10. The van der Waals surface area contributed by atoms with Crippen molar-refractivity contribution >= 4 is 5.97 Å². The van der Waals surface area contributed by atoms with Crippen LogP contribution in [0, 0.1) is 0 Å². The third-order valence-corrected chi connectivity index (χ3v) is 1.81. The van der Waals surface area contributed by atoms with Gasteiger partial charge in [-0.3, -0.25) is 4.79 Å². The van der Waals surface area contributed by atoms with Gasteiger partial charge in [0.1, 0.15) is 6.04 Å². The lowest BCUT2D eigenvalue weighted by Crippen LogP contribution is -2.31. The first kappa shape index (κ1) is 9.06. The number of hydrogen-bond donors (Lipinski definition) is 1. The minimum absolute atomic E-state index is 0.198. The molecule has 0 amide bonds. The van der Waals surface area contributed by atoms with Gasteiger partial charge in [-0.25, -0.2) is 0 Å². The van der Waals surface area contributed by atoms with Crippen molar-refractivity contribution in [3.8, 4) is 0 Å². The number of carbonyl (C=O) groups excluding carboxylic acids is 1. The highest BCUT2D eigenvalue weighted by Crippen LogP contribution is 2.13. The summed E-state index contributed by atoms with van der Waals surface area (Å²) in [4.78, 5) is 11.0. The molecular formula is C8H13NO3. The highest BCUT2D eigenvalue weighted by molar-refractivity contribution is 5.76. The summed E-state index contributed by atoms with van der Waals surface area (Å²) in [5, 5.41) is 3.02. The molecule has 1 atom stereocenters. The van der Waals surface area contributed by atoms with Crippen LogP contribution >= 0.6 is 0 Å². The molecule has 0 aromatic heterocycles. The summed E-state index contributed by atoms with van der Waals surface area (Å²) in [5.74, 6) is -0.213. The van der Waals surface area contributed by atoms with Crippen LogP contribution in [0.25, 0.3) is 0 Å². The zero-order chi connectivity index (χ0) is 8.97. The van der Waals surface area contributed by atoms with Gasteiger partial charge in [-0.05, 0) is 12.0 Å². The molecule has 1 aliphatic heterocycles. The first-order valence-electron chi connectivity index (χ1n) is 3.80. The van der Waals surface area contributed by atoms with E-state index in [4.69, 9.17) is 4.74 Å². The van der Waals surface area contributed by atoms with E-state index in [1.54, 1.807) is 13.4 Å². The van der Waals surface area contributed by atoms with Gasteiger partial charge in [0.2, 0.25) is 0 Å². The molecule has 68 valence electrons. The zero-order valence-corrected chi connectivity index (χ0v) is 7.29. The molecule has 0 aliphatic carbocycles. The molecular weight excluding hydrogens is 158 g/mol. The lowest BCUT2D eigenvalue weighted by molar-refractivity contribution is -0.142. The van der Waals surface area contributed by atoms with E-state index in [9.17, 15) is 4.79 Å². The maximum atomic E-state index is 11.0. The second kappa shape index (κ2) is 4.11. The van der Waals surface area contributed by atoms with Gasteiger partial charge in [0.15, 0.2) is 0 Å². The number of ether oxygens (including phenoxy) is 2. The number of nitrogens with one attached hydrogen (secondary N) is 1.